The van der Waals surface area contributed by atoms with Crippen LogP contribution in [-0.2, 0) is 4.79 Å². The maximum Gasteiger partial charge on any atom is 0.328 e. The second-order valence-electron chi connectivity index (χ2n) is 3.00. The third kappa shape index (κ3) is 2.49. The van der Waals surface area contributed by atoms with Crippen LogP contribution < -0.4 is 4.74 Å². The van der Waals surface area contributed by atoms with E-state index in [2.05, 4.69) is 0 Å². The van der Waals surface area contributed by atoms with Gasteiger partial charge in [-0.3, -0.25) is 0 Å². The number of hydrogen-bond acceptors (Lipinski definition) is 3. The molecule has 0 bridgehead atoms. The van der Waals surface area contributed by atoms with E-state index in [0.717, 1.165) is 6.08 Å². The minimum Gasteiger partial charge on any atom is -0.504 e. The first kappa shape index (κ1) is 11.1. The van der Waals surface area contributed by atoms with Gasteiger partial charge >= 0.3 is 5.97 Å². The highest BCUT2D eigenvalue weighted by Crippen LogP contribution is 2.31. The summed E-state index contributed by atoms with van der Waals surface area (Å²) in [7, 11) is 1.46. The van der Waals surface area contributed by atoms with Crippen molar-refractivity contribution in [3.63, 3.8) is 0 Å². The fraction of sp³-hybridized carbons (Fsp3) is 0.182. The maximum absolute atomic E-state index is 10.3. The van der Waals surface area contributed by atoms with Gasteiger partial charge in [-0.25, -0.2) is 4.79 Å². The van der Waals surface area contributed by atoms with Gasteiger partial charge < -0.3 is 14.9 Å². The summed E-state index contributed by atoms with van der Waals surface area (Å²) in [6.45, 7) is 1.69. The molecule has 0 saturated carbocycles. The fourth-order valence-electron chi connectivity index (χ4n) is 1.20. The van der Waals surface area contributed by atoms with Crippen molar-refractivity contribution in [2.45, 2.75) is 6.92 Å². The minimum absolute atomic E-state index is 0.0324. The molecule has 1 aromatic rings. The van der Waals surface area contributed by atoms with E-state index < -0.39 is 5.97 Å². The van der Waals surface area contributed by atoms with E-state index >= 15 is 0 Å². The summed E-state index contributed by atoms with van der Waals surface area (Å²) in [5, 5.41) is 18.1. The van der Waals surface area contributed by atoms with Crippen molar-refractivity contribution in [3.8, 4) is 11.5 Å². The van der Waals surface area contributed by atoms with Gasteiger partial charge in [-0.15, -0.1) is 0 Å². The first-order valence-corrected chi connectivity index (χ1v) is 4.34. The highest BCUT2D eigenvalue weighted by molar-refractivity contribution is 5.85. The van der Waals surface area contributed by atoms with Crippen LogP contribution in [0, 0.1) is 6.92 Å². The molecular weight excluding hydrogens is 196 g/mol. The summed E-state index contributed by atoms with van der Waals surface area (Å²) in [4.78, 5) is 10.3. The number of carboxylic acids is 1. The predicted molar refractivity (Wildman–Crippen MR) is 56.1 cm³/mol. The molecule has 15 heavy (non-hydrogen) atoms. The van der Waals surface area contributed by atoms with E-state index in [1.54, 1.807) is 19.1 Å². The zero-order chi connectivity index (χ0) is 11.4. The molecule has 0 fully saturated rings. The number of carboxylic acid groups (broad SMARTS) is 1. The molecular formula is C11H12O4. The summed E-state index contributed by atoms with van der Waals surface area (Å²) in [5.41, 5.74) is 1.24. The van der Waals surface area contributed by atoms with Crippen molar-refractivity contribution < 1.29 is 19.7 Å². The van der Waals surface area contributed by atoms with Crippen LogP contribution in [0.4, 0.5) is 0 Å². The number of phenolic OH excluding ortho intramolecular Hbond substituents is 1. The molecule has 1 aromatic carbocycles. The van der Waals surface area contributed by atoms with Crippen LogP contribution in [0.2, 0.25) is 0 Å². The lowest BCUT2D eigenvalue weighted by Crippen LogP contribution is -1.90. The van der Waals surface area contributed by atoms with Gasteiger partial charge in [0.1, 0.15) is 0 Å². The molecule has 1 rings (SSSR count). The Morgan fingerprint density at radius 2 is 2.13 bits per heavy atom. The molecule has 0 heterocycles. The number of aliphatic carboxylic acids is 1. The van der Waals surface area contributed by atoms with Crippen molar-refractivity contribution in [1.29, 1.82) is 0 Å². The van der Waals surface area contributed by atoms with Crippen LogP contribution >= 0.6 is 0 Å². The lowest BCUT2D eigenvalue weighted by Gasteiger charge is -2.08. The van der Waals surface area contributed by atoms with Gasteiger partial charge in [0, 0.05) is 11.6 Å². The second-order valence-corrected chi connectivity index (χ2v) is 3.00. The Balaban J connectivity index is 3.12. The Morgan fingerprint density at radius 3 is 2.67 bits per heavy atom. The van der Waals surface area contributed by atoms with Crippen LogP contribution in [0.1, 0.15) is 11.1 Å². The van der Waals surface area contributed by atoms with Crippen LogP contribution in [-0.4, -0.2) is 23.3 Å². The summed E-state index contributed by atoms with van der Waals surface area (Å²) < 4.78 is 4.92. The Hall–Kier alpha value is -1.97. The first-order chi connectivity index (χ1) is 7.06. The van der Waals surface area contributed by atoms with Crippen LogP contribution in [0.3, 0.4) is 0 Å². The zero-order valence-corrected chi connectivity index (χ0v) is 8.52. The van der Waals surface area contributed by atoms with Crippen LogP contribution in [0.25, 0.3) is 6.08 Å². The fourth-order valence-corrected chi connectivity index (χ4v) is 1.20. The van der Waals surface area contributed by atoms with E-state index in [0.29, 0.717) is 16.9 Å². The zero-order valence-electron chi connectivity index (χ0n) is 8.52. The quantitative estimate of drug-likeness (QED) is 0.743. The number of carbonyl (C=O) groups is 1. The van der Waals surface area contributed by atoms with E-state index in [1.807, 2.05) is 0 Å². The molecule has 2 N–H and O–H groups in total. The van der Waals surface area contributed by atoms with Crippen molar-refractivity contribution in [1.82, 2.24) is 0 Å². The number of aromatic hydroxyl groups is 1. The molecule has 0 radical (unpaired) electrons. The topological polar surface area (TPSA) is 66.8 Å². The Bertz CT molecular complexity index is 407. The number of hydrogen-bond donors (Lipinski definition) is 2. The maximum atomic E-state index is 10.3. The first-order valence-electron chi connectivity index (χ1n) is 4.34. The molecule has 0 unspecified atom stereocenters. The van der Waals surface area contributed by atoms with Gasteiger partial charge in [0.05, 0.1) is 7.11 Å². The predicted octanol–water partition coefficient (Wildman–Crippen LogP) is 1.81. The van der Waals surface area contributed by atoms with Crippen LogP contribution in [0.5, 0.6) is 11.5 Å². The molecule has 0 atom stereocenters. The van der Waals surface area contributed by atoms with Gasteiger partial charge in [-0.05, 0) is 24.6 Å². The summed E-state index contributed by atoms with van der Waals surface area (Å²) in [6.07, 6.45) is 2.45. The van der Waals surface area contributed by atoms with Gasteiger partial charge in [0.25, 0.3) is 0 Å². The van der Waals surface area contributed by atoms with Crippen molar-refractivity contribution >= 4 is 12.0 Å². The Labute approximate surface area is 87.4 Å². The standard InChI is InChI=1S/C11H12O4/c1-7-8(4-6-10(12)13)3-5-9(15-2)11(7)14/h3-6,14H,1-2H3,(H,12,13)/b6-4+. The molecule has 0 aliphatic rings. The summed E-state index contributed by atoms with van der Waals surface area (Å²) >= 11 is 0. The molecule has 0 saturated heterocycles. The van der Waals surface area contributed by atoms with E-state index in [1.165, 1.54) is 13.2 Å². The molecule has 0 amide bonds. The highest BCUT2D eigenvalue weighted by Gasteiger charge is 2.07. The van der Waals surface area contributed by atoms with Crippen molar-refractivity contribution in [2.24, 2.45) is 0 Å². The number of phenols is 1. The van der Waals surface area contributed by atoms with Crippen LogP contribution in [0.15, 0.2) is 18.2 Å². The van der Waals surface area contributed by atoms with E-state index in [-0.39, 0.29) is 5.75 Å². The third-order valence-electron chi connectivity index (χ3n) is 2.06. The molecule has 80 valence electrons. The smallest absolute Gasteiger partial charge is 0.328 e. The largest absolute Gasteiger partial charge is 0.504 e. The van der Waals surface area contributed by atoms with Crippen molar-refractivity contribution in [3.05, 3.63) is 29.3 Å². The summed E-state index contributed by atoms with van der Waals surface area (Å²) in [6, 6.07) is 3.27. The van der Waals surface area contributed by atoms with Crippen molar-refractivity contribution in [2.75, 3.05) is 7.11 Å². The van der Waals surface area contributed by atoms with E-state index in [9.17, 15) is 9.90 Å². The monoisotopic (exact) mass is 208 g/mol. The van der Waals surface area contributed by atoms with Gasteiger partial charge in [-0.2, -0.15) is 0 Å². The lowest BCUT2D eigenvalue weighted by atomic mass is 10.1. The number of methoxy groups -OCH3 is 1. The average molecular weight is 208 g/mol. The molecule has 0 spiro atoms. The normalized spacial score (nSPS) is 10.5. The molecule has 4 heteroatoms. The lowest BCUT2D eigenvalue weighted by molar-refractivity contribution is -0.131. The number of rotatable bonds is 3. The average Bonchev–Trinajstić information content (AvgIpc) is 2.20. The Kier molecular flexibility index (Phi) is 3.33. The number of ether oxygens (including phenoxy) is 1. The third-order valence-corrected chi connectivity index (χ3v) is 2.06. The number of benzene rings is 1. The molecule has 0 aliphatic carbocycles. The van der Waals surface area contributed by atoms with Gasteiger partial charge in [0.2, 0.25) is 0 Å². The molecule has 0 aromatic heterocycles. The SMILES string of the molecule is COc1ccc(/C=C/C(=O)O)c(C)c1O. The summed E-state index contributed by atoms with van der Waals surface area (Å²) in [5.74, 6) is -0.616. The molecule has 0 aliphatic heterocycles. The Morgan fingerprint density at radius 1 is 1.47 bits per heavy atom. The second kappa shape index (κ2) is 4.50. The van der Waals surface area contributed by atoms with Gasteiger partial charge in [-0.1, -0.05) is 6.07 Å². The van der Waals surface area contributed by atoms with E-state index in [4.69, 9.17) is 9.84 Å². The highest BCUT2D eigenvalue weighted by atomic mass is 16.5. The minimum atomic E-state index is -1.02. The molecule has 4 nitrogen and oxygen atoms in total. The van der Waals surface area contributed by atoms with Gasteiger partial charge in [0.15, 0.2) is 11.5 Å².